The molecule has 2 aromatic rings. The molecule has 3 rings (SSSR count). The van der Waals surface area contributed by atoms with Gasteiger partial charge in [0.05, 0.1) is 29.8 Å². The van der Waals surface area contributed by atoms with E-state index in [-0.39, 0.29) is 29.1 Å². The number of sulfone groups is 1. The van der Waals surface area contributed by atoms with Crippen molar-refractivity contribution in [2.24, 2.45) is 0 Å². The van der Waals surface area contributed by atoms with Crippen LogP contribution < -0.4 is 5.32 Å². The topological polar surface area (TPSA) is 90.3 Å². The van der Waals surface area contributed by atoms with Crippen molar-refractivity contribution in [3.05, 3.63) is 42.1 Å². The molecule has 1 aromatic carbocycles. The van der Waals surface area contributed by atoms with Crippen LogP contribution in [0.25, 0.3) is 11.3 Å². The maximum atomic E-state index is 12.3. The number of ether oxygens (including phenoxy) is 1. The number of nitrogens with zero attached hydrogens (tertiary/aromatic N) is 2. The van der Waals surface area contributed by atoms with E-state index in [1.54, 1.807) is 17.9 Å². The molecule has 1 aromatic heterocycles. The molecule has 0 saturated carbocycles. The highest BCUT2D eigenvalue weighted by molar-refractivity contribution is 7.91. The summed E-state index contributed by atoms with van der Waals surface area (Å²) >= 11 is 0. The molecular formula is C17H21N3O4S. The van der Waals surface area contributed by atoms with Crippen LogP contribution in [0, 0.1) is 0 Å². The van der Waals surface area contributed by atoms with E-state index < -0.39 is 9.84 Å². The average molecular weight is 363 g/mol. The predicted octanol–water partition coefficient (Wildman–Crippen LogP) is 1.29. The van der Waals surface area contributed by atoms with Crippen molar-refractivity contribution in [2.45, 2.75) is 12.5 Å². The Hall–Kier alpha value is -2.19. The second kappa shape index (κ2) is 7.37. The van der Waals surface area contributed by atoms with Crippen molar-refractivity contribution in [3.8, 4) is 11.3 Å². The van der Waals surface area contributed by atoms with E-state index in [2.05, 4.69) is 10.4 Å². The molecule has 1 saturated heterocycles. The minimum absolute atomic E-state index is 0.0548. The van der Waals surface area contributed by atoms with E-state index >= 15 is 0 Å². The van der Waals surface area contributed by atoms with E-state index in [1.165, 1.54) is 0 Å². The van der Waals surface area contributed by atoms with Gasteiger partial charge in [-0.15, -0.1) is 0 Å². The molecule has 7 nitrogen and oxygen atoms in total. The minimum Gasteiger partial charge on any atom is -0.383 e. The van der Waals surface area contributed by atoms with Gasteiger partial charge < -0.3 is 10.1 Å². The first kappa shape index (κ1) is 17.6. The van der Waals surface area contributed by atoms with Crippen LogP contribution in [0.2, 0.25) is 0 Å². The second-order valence-electron chi connectivity index (χ2n) is 6.03. The third-order valence-electron chi connectivity index (χ3n) is 4.18. The molecule has 0 spiro atoms. The fourth-order valence-electron chi connectivity index (χ4n) is 2.93. The second-order valence-corrected chi connectivity index (χ2v) is 8.26. The summed E-state index contributed by atoms with van der Waals surface area (Å²) in [7, 11) is -1.48. The van der Waals surface area contributed by atoms with Crippen LogP contribution in [-0.2, 0) is 14.6 Å². The van der Waals surface area contributed by atoms with Gasteiger partial charge in [-0.1, -0.05) is 30.3 Å². The van der Waals surface area contributed by atoms with Gasteiger partial charge in [-0.25, -0.2) is 8.42 Å². The lowest BCUT2D eigenvalue weighted by Gasteiger charge is -2.13. The van der Waals surface area contributed by atoms with E-state index in [1.807, 2.05) is 30.3 Å². The van der Waals surface area contributed by atoms with Crippen LogP contribution in [0.4, 0.5) is 0 Å². The molecule has 8 heteroatoms. The summed E-state index contributed by atoms with van der Waals surface area (Å²) < 4.78 is 30.3. The number of nitrogens with one attached hydrogen (secondary N) is 1. The number of benzene rings is 1. The number of aromatic nitrogens is 2. The number of carbonyl (C=O) groups is 1. The van der Waals surface area contributed by atoms with Gasteiger partial charge >= 0.3 is 0 Å². The van der Waals surface area contributed by atoms with E-state index in [0.717, 1.165) is 11.3 Å². The third-order valence-corrected chi connectivity index (χ3v) is 5.93. The molecular weight excluding hydrogens is 342 g/mol. The first-order chi connectivity index (χ1) is 12.0. The number of hydrogen-bond acceptors (Lipinski definition) is 5. The van der Waals surface area contributed by atoms with Crippen LogP contribution in [0.1, 0.15) is 23.0 Å². The van der Waals surface area contributed by atoms with Gasteiger partial charge in [0.1, 0.15) is 0 Å². The summed E-state index contributed by atoms with van der Waals surface area (Å²) in [6, 6.07) is 11.0. The summed E-state index contributed by atoms with van der Waals surface area (Å²) in [6.07, 6.45) is 0.509. The molecule has 1 amide bonds. The van der Waals surface area contributed by atoms with Crippen molar-refractivity contribution in [1.29, 1.82) is 0 Å². The Morgan fingerprint density at radius 3 is 2.76 bits per heavy atom. The number of hydrogen-bond donors (Lipinski definition) is 1. The van der Waals surface area contributed by atoms with Crippen molar-refractivity contribution in [2.75, 3.05) is 31.8 Å². The molecule has 1 aliphatic rings. The Morgan fingerprint density at radius 1 is 1.36 bits per heavy atom. The Labute approximate surface area is 146 Å². The molecule has 1 atom stereocenters. The zero-order chi connectivity index (χ0) is 17.9. The van der Waals surface area contributed by atoms with Crippen molar-refractivity contribution < 1.29 is 17.9 Å². The smallest absolute Gasteiger partial charge is 0.271 e. The zero-order valence-corrected chi connectivity index (χ0v) is 14.8. The highest BCUT2D eigenvalue weighted by atomic mass is 32.2. The first-order valence-electron chi connectivity index (χ1n) is 8.13. The van der Waals surface area contributed by atoms with E-state index in [4.69, 9.17) is 4.74 Å². The summed E-state index contributed by atoms with van der Waals surface area (Å²) in [5.41, 5.74) is 1.93. The first-order valence-corrected chi connectivity index (χ1v) is 9.95. The Bertz CT molecular complexity index is 846. The largest absolute Gasteiger partial charge is 0.383 e. The predicted molar refractivity (Wildman–Crippen MR) is 94.2 cm³/mol. The fraction of sp³-hybridized carbons (Fsp3) is 0.412. The van der Waals surface area contributed by atoms with Gasteiger partial charge in [-0.3, -0.25) is 9.48 Å². The average Bonchev–Trinajstić information content (AvgIpc) is 3.19. The van der Waals surface area contributed by atoms with Crippen LogP contribution in [-0.4, -0.2) is 55.9 Å². The molecule has 0 unspecified atom stereocenters. The lowest BCUT2D eigenvalue weighted by Crippen LogP contribution is -2.27. The zero-order valence-electron chi connectivity index (χ0n) is 14.0. The third kappa shape index (κ3) is 4.08. The highest BCUT2D eigenvalue weighted by Gasteiger charge is 2.32. The Kier molecular flexibility index (Phi) is 5.19. The molecule has 0 aliphatic carbocycles. The van der Waals surface area contributed by atoms with Crippen LogP contribution in [0.15, 0.2) is 36.4 Å². The lowest BCUT2D eigenvalue weighted by atomic mass is 10.1. The molecule has 1 fully saturated rings. The quantitative estimate of drug-likeness (QED) is 0.781. The van der Waals surface area contributed by atoms with Gasteiger partial charge in [0, 0.05) is 13.7 Å². The molecule has 25 heavy (non-hydrogen) atoms. The van der Waals surface area contributed by atoms with Gasteiger partial charge in [0.15, 0.2) is 15.5 Å². The highest BCUT2D eigenvalue weighted by Crippen LogP contribution is 2.30. The summed E-state index contributed by atoms with van der Waals surface area (Å²) in [4.78, 5) is 12.3. The standard InChI is InChI=1S/C17H21N3O4S/c1-24-9-8-18-17(21)15-11-16(13-5-3-2-4-6-13)20(19-15)14-7-10-25(22,23)12-14/h2-6,11,14H,7-10,12H2,1H3,(H,18,21)/t14-/m0/s1. The molecule has 0 bridgehead atoms. The molecule has 1 aliphatic heterocycles. The molecule has 134 valence electrons. The van der Waals surface area contributed by atoms with Crippen molar-refractivity contribution >= 4 is 15.7 Å². The number of carbonyl (C=O) groups excluding carboxylic acids is 1. The molecule has 1 N–H and O–H groups in total. The Morgan fingerprint density at radius 2 is 2.12 bits per heavy atom. The summed E-state index contributed by atoms with van der Waals surface area (Å²) in [5.74, 6) is -0.0887. The van der Waals surface area contributed by atoms with Crippen LogP contribution in [0.5, 0.6) is 0 Å². The normalized spacial score (nSPS) is 19.0. The number of amides is 1. The summed E-state index contributed by atoms with van der Waals surface area (Å²) in [5, 5.41) is 7.15. The van der Waals surface area contributed by atoms with Crippen LogP contribution in [0.3, 0.4) is 0 Å². The van der Waals surface area contributed by atoms with Crippen LogP contribution >= 0.6 is 0 Å². The minimum atomic E-state index is -3.05. The van der Waals surface area contributed by atoms with Crippen molar-refractivity contribution in [3.63, 3.8) is 0 Å². The summed E-state index contributed by atoms with van der Waals surface area (Å²) in [6.45, 7) is 0.805. The monoisotopic (exact) mass is 363 g/mol. The lowest BCUT2D eigenvalue weighted by molar-refractivity contribution is 0.0931. The van der Waals surface area contributed by atoms with Gasteiger partial charge in [0.2, 0.25) is 0 Å². The maximum absolute atomic E-state index is 12.3. The van der Waals surface area contributed by atoms with E-state index in [9.17, 15) is 13.2 Å². The van der Waals surface area contributed by atoms with Crippen molar-refractivity contribution in [1.82, 2.24) is 15.1 Å². The molecule has 2 heterocycles. The number of methoxy groups -OCH3 is 1. The molecule has 0 radical (unpaired) electrons. The number of rotatable bonds is 6. The van der Waals surface area contributed by atoms with Gasteiger partial charge in [-0.05, 0) is 18.1 Å². The fourth-order valence-corrected chi connectivity index (χ4v) is 4.63. The maximum Gasteiger partial charge on any atom is 0.271 e. The van der Waals surface area contributed by atoms with Gasteiger partial charge in [-0.2, -0.15) is 5.10 Å². The van der Waals surface area contributed by atoms with Gasteiger partial charge in [0.25, 0.3) is 5.91 Å². The Balaban J connectivity index is 1.93. The van der Waals surface area contributed by atoms with E-state index in [0.29, 0.717) is 19.6 Å². The SMILES string of the molecule is COCCNC(=O)c1cc(-c2ccccc2)n([C@H]2CCS(=O)(=O)C2)n1.